The maximum atomic E-state index is 12.7. The van der Waals surface area contributed by atoms with Crippen LogP contribution < -0.4 is 0 Å². The van der Waals surface area contributed by atoms with E-state index in [0.717, 1.165) is 54.8 Å². The summed E-state index contributed by atoms with van der Waals surface area (Å²) >= 11 is 0. The predicted molar refractivity (Wildman–Crippen MR) is 202 cm³/mol. The van der Waals surface area contributed by atoms with Gasteiger partial charge < -0.3 is 0 Å². The third-order valence-corrected chi connectivity index (χ3v) is 15.1. The first-order valence-electron chi connectivity index (χ1n) is 21.2. The van der Waals surface area contributed by atoms with E-state index in [0.29, 0.717) is 17.4 Å². The fraction of sp³-hybridized carbons (Fsp3) is 0.953. The molecular weight excluding hydrogens is 595 g/mol. The maximum Gasteiger partial charge on any atom is 0.697 e. The van der Waals surface area contributed by atoms with Crippen molar-refractivity contribution in [3.05, 3.63) is 11.6 Å². The second-order valence-electron chi connectivity index (χ2n) is 17.9. The SMILES string of the molecule is CCCCCCCCCCCCCCCCO[P+](=O)O[C@H]1CC[C@@]2(C)C(=CC[C@H]3[C@@H]4CC[C@H]([C@H](C)CCCC(C)C)[C@@]4(C)CC[C@@H]32)C1. The zero-order valence-electron chi connectivity index (χ0n) is 32.2. The first kappa shape index (κ1) is 39.5. The van der Waals surface area contributed by atoms with Crippen molar-refractivity contribution in [3.8, 4) is 0 Å². The highest BCUT2D eigenvalue weighted by atomic mass is 31.1. The number of hydrogen-bond donors (Lipinski definition) is 0. The molecule has 4 aliphatic rings. The highest BCUT2D eigenvalue weighted by molar-refractivity contribution is 7.33. The summed E-state index contributed by atoms with van der Waals surface area (Å²) in [4.78, 5) is 0. The summed E-state index contributed by atoms with van der Waals surface area (Å²) in [6.07, 6.45) is 35.9. The Morgan fingerprint density at radius 1 is 0.766 bits per heavy atom. The van der Waals surface area contributed by atoms with Crippen LogP contribution in [0.1, 0.15) is 202 Å². The zero-order chi connectivity index (χ0) is 33.7. The fourth-order valence-corrected chi connectivity index (χ4v) is 12.1. The highest BCUT2D eigenvalue weighted by Gasteiger charge is 2.59. The lowest BCUT2D eigenvalue weighted by Crippen LogP contribution is -2.50. The second-order valence-corrected chi connectivity index (χ2v) is 18.8. The molecule has 3 nitrogen and oxygen atoms in total. The van der Waals surface area contributed by atoms with Gasteiger partial charge in [0.25, 0.3) is 0 Å². The molecule has 0 spiro atoms. The molecule has 3 fully saturated rings. The molecule has 0 N–H and O–H groups in total. The second kappa shape index (κ2) is 20.0. The Labute approximate surface area is 293 Å². The largest absolute Gasteiger partial charge is 0.697 e. The third-order valence-electron chi connectivity index (χ3n) is 14.2. The molecule has 0 amide bonds. The molecule has 9 atom stereocenters. The van der Waals surface area contributed by atoms with E-state index in [-0.39, 0.29) is 6.10 Å². The van der Waals surface area contributed by atoms with Gasteiger partial charge in [0.05, 0.1) is 0 Å². The molecule has 0 aromatic rings. The van der Waals surface area contributed by atoms with Gasteiger partial charge in [-0.1, -0.05) is 156 Å². The Bertz CT molecular complexity index is 945. The van der Waals surface area contributed by atoms with Crippen molar-refractivity contribution in [1.29, 1.82) is 0 Å². The Hall–Kier alpha value is -0.240. The van der Waals surface area contributed by atoms with Crippen molar-refractivity contribution in [2.45, 2.75) is 208 Å². The lowest BCUT2D eigenvalue weighted by molar-refractivity contribution is -0.0561. The van der Waals surface area contributed by atoms with E-state index < -0.39 is 8.25 Å². The van der Waals surface area contributed by atoms with Gasteiger partial charge in [0, 0.05) is 11.0 Å². The molecule has 272 valence electrons. The van der Waals surface area contributed by atoms with Crippen LogP contribution >= 0.6 is 8.25 Å². The van der Waals surface area contributed by atoms with Gasteiger partial charge in [-0.2, -0.15) is 0 Å². The van der Waals surface area contributed by atoms with E-state index in [2.05, 4.69) is 47.6 Å². The van der Waals surface area contributed by atoms with E-state index in [1.54, 1.807) is 5.57 Å². The fourth-order valence-electron chi connectivity index (χ4n) is 11.3. The molecule has 1 unspecified atom stereocenters. The normalized spacial score (nSPS) is 32.9. The number of rotatable bonds is 23. The van der Waals surface area contributed by atoms with E-state index in [1.165, 1.54) is 141 Å². The maximum absolute atomic E-state index is 12.7. The van der Waals surface area contributed by atoms with Crippen molar-refractivity contribution < 1.29 is 13.6 Å². The van der Waals surface area contributed by atoms with Crippen LogP contribution in [-0.2, 0) is 13.6 Å². The van der Waals surface area contributed by atoms with Crippen LogP contribution in [-0.4, -0.2) is 12.7 Å². The summed E-state index contributed by atoms with van der Waals surface area (Å²) in [6, 6.07) is 0. The molecule has 0 saturated heterocycles. The topological polar surface area (TPSA) is 35.5 Å². The average Bonchev–Trinajstić information content (AvgIpc) is 3.40. The minimum absolute atomic E-state index is 0.0576. The molecule has 0 aromatic heterocycles. The summed E-state index contributed by atoms with van der Waals surface area (Å²) in [6.45, 7) is 15.5. The molecule has 0 heterocycles. The van der Waals surface area contributed by atoms with Crippen molar-refractivity contribution in [3.63, 3.8) is 0 Å². The first-order valence-corrected chi connectivity index (χ1v) is 22.2. The van der Waals surface area contributed by atoms with Crippen LogP contribution in [0.25, 0.3) is 0 Å². The Morgan fingerprint density at radius 3 is 2.04 bits per heavy atom. The Morgan fingerprint density at radius 2 is 1.40 bits per heavy atom. The Kier molecular flexibility index (Phi) is 16.8. The summed E-state index contributed by atoms with van der Waals surface area (Å²) in [7, 11) is -2.01. The molecule has 3 saturated carbocycles. The van der Waals surface area contributed by atoms with Crippen LogP contribution in [0.5, 0.6) is 0 Å². The number of allylic oxidation sites excluding steroid dienone is 1. The standard InChI is InChI=1S/C43H78O3P/c1-7-8-9-10-11-12-13-14-15-16-17-18-19-20-32-45-47(44)46-37-28-30-42(5)36(33-37)24-25-38-40-27-26-39(35(4)23-21-22-34(2)3)43(40,6)31-29-41(38)42/h24,34-35,37-41H,7-23,25-33H2,1-6H3/q+1/t35-,37+,38+,39-,40+,41+,42+,43-/m1/s1. The van der Waals surface area contributed by atoms with E-state index >= 15 is 0 Å². The predicted octanol–water partition coefficient (Wildman–Crippen LogP) is 14.6. The molecule has 0 radical (unpaired) electrons. The third kappa shape index (κ3) is 11.1. The van der Waals surface area contributed by atoms with Crippen LogP contribution in [0, 0.1) is 46.3 Å². The van der Waals surface area contributed by atoms with Gasteiger partial charge >= 0.3 is 8.25 Å². The van der Waals surface area contributed by atoms with Gasteiger partial charge in [0.1, 0.15) is 12.7 Å². The lowest BCUT2D eigenvalue weighted by atomic mass is 9.47. The smallest absolute Gasteiger partial charge is 0.119 e. The molecule has 0 aliphatic heterocycles. The van der Waals surface area contributed by atoms with Gasteiger partial charge in [-0.15, -0.1) is 9.05 Å². The van der Waals surface area contributed by atoms with Gasteiger partial charge in [-0.05, 0) is 97.7 Å². The number of hydrogen-bond acceptors (Lipinski definition) is 3. The number of fused-ring (bicyclic) bond motifs is 5. The van der Waals surface area contributed by atoms with Crippen molar-refractivity contribution in [2.75, 3.05) is 6.61 Å². The average molecular weight is 674 g/mol. The minimum Gasteiger partial charge on any atom is -0.119 e. The van der Waals surface area contributed by atoms with Crippen LogP contribution in [0.4, 0.5) is 0 Å². The van der Waals surface area contributed by atoms with Crippen LogP contribution in [0.2, 0.25) is 0 Å². The summed E-state index contributed by atoms with van der Waals surface area (Å²) in [5, 5.41) is 0. The number of unbranched alkanes of at least 4 members (excludes halogenated alkanes) is 13. The first-order chi connectivity index (χ1) is 22.7. The molecule has 4 aliphatic carbocycles. The molecule has 47 heavy (non-hydrogen) atoms. The monoisotopic (exact) mass is 674 g/mol. The van der Waals surface area contributed by atoms with Gasteiger partial charge in [0.2, 0.25) is 0 Å². The van der Waals surface area contributed by atoms with Crippen LogP contribution in [0.15, 0.2) is 11.6 Å². The molecule has 4 heteroatoms. The van der Waals surface area contributed by atoms with Crippen molar-refractivity contribution in [1.82, 2.24) is 0 Å². The molecular formula is C43H78O3P+. The molecule has 0 bridgehead atoms. The molecule has 0 aromatic carbocycles. The summed E-state index contributed by atoms with van der Waals surface area (Å²) in [5.74, 6) is 5.21. The van der Waals surface area contributed by atoms with Gasteiger partial charge in [-0.25, -0.2) is 0 Å². The van der Waals surface area contributed by atoms with Crippen LogP contribution in [0.3, 0.4) is 0 Å². The highest BCUT2D eigenvalue weighted by Crippen LogP contribution is 2.67. The van der Waals surface area contributed by atoms with Gasteiger partial charge in [-0.3, -0.25) is 0 Å². The zero-order valence-corrected chi connectivity index (χ0v) is 33.1. The lowest BCUT2D eigenvalue weighted by Gasteiger charge is -2.58. The van der Waals surface area contributed by atoms with Crippen molar-refractivity contribution in [2.24, 2.45) is 46.3 Å². The van der Waals surface area contributed by atoms with E-state index in [9.17, 15) is 4.57 Å². The quantitative estimate of drug-likeness (QED) is 0.0615. The summed E-state index contributed by atoms with van der Waals surface area (Å²) < 4.78 is 24.5. The molecule has 4 rings (SSSR count). The van der Waals surface area contributed by atoms with Crippen molar-refractivity contribution >= 4 is 8.25 Å². The van der Waals surface area contributed by atoms with E-state index in [1.807, 2.05) is 0 Å². The van der Waals surface area contributed by atoms with E-state index in [4.69, 9.17) is 9.05 Å². The minimum atomic E-state index is -2.01. The van der Waals surface area contributed by atoms with Gasteiger partial charge in [0.15, 0.2) is 0 Å². The summed E-state index contributed by atoms with van der Waals surface area (Å²) in [5.41, 5.74) is 2.47. The Balaban J connectivity index is 1.10.